The van der Waals surface area contributed by atoms with Gasteiger partial charge in [-0.1, -0.05) is 0 Å². The van der Waals surface area contributed by atoms with Crippen LogP contribution in [0.15, 0.2) is 36.7 Å². The van der Waals surface area contributed by atoms with Crippen molar-refractivity contribution in [1.82, 2.24) is 9.97 Å². The largest absolute Gasteiger partial charge is 0.362 e. The highest BCUT2D eigenvalue weighted by molar-refractivity contribution is 5.67. The van der Waals surface area contributed by atoms with Crippen molar-refractivity contribution >= 4 is 11.4 Å². The predicted octanol–water partition coefficient (Wildman–Crippen LogP) is 6.95. The van der Waals surface area contributed by atoms with Gasteiger partial charge in [-0.2, -0.15) is 0 Å². The number of nitrogens with zero attached hydrogens (tertiary/aromatic N) is 4. The van der Waals surface area contributed by atoms with Crippen LogP contribution in [0.1, 0.15) is 83.1 Å². The molecule has 0 unspecified atom stereocenters. The first-order valence-electron chi connectivity index (χ1n) is 11.0. The van der Waals surface area contributed by atoms with Crippen LogP contribution in [-0.2, 0) is 0 Å². The lowest BCUT2D eigenvalue weighted by molar-refractivity contribution is 0.380. The normalized spacial score (nSPS) is 13.3. The molecule has 2 heterocycles. The summed E-state index contributed by atoms with van der Waals surface area (Å²) in [5, 5.41) is 0. The van der Waals surface area contributed by atoms with E-state index in [1.54, 1.807) is 0 Å². The highest BCUT2D eigenvalue weighted by Gasteiger charge is 2.33. The maximum absolute atomic E-state index is 4.67. The van der Waals surface area contributed by atoms with Gasteiger partial charge < -0.3 is 9.80 Å². The first-order chi connectivity index (χ1) is 13.4. The third kappa shape index (κ3) is 5.53. The Kier molecular flexibility index (Phi) is 6.34. The highest BCUT2D eigenvalue weighted by Crippen LogP contribution is 2.36. The van der Waals surface area contributed by atoms with Gasteiger partial charge in [0.25, 0.3) is 0 Å². The fraction of sp³-hybridized carbons (Fsp3) is 0.615. The molecule has 0 aliphatic carbocycles. The Balaban J connectivity index is 2.57. The minimum absolute atomic E-state index is 0.0125. The van der Waals surface area contributed by atoms with Gasteiger partial charge in [0, 0.05) is 45.9 Å². The number of pyridine rings is 2. The lowest BCUT2D eigenvalue weighted by Gasteiger charge is -2.47. The first kappa shape index (κ1) is 24.2. The molecular weight excluding hydrogens is 368 g/mol. The molecule has 0 spiro atoms. The smallest absolute Gasteiger partial charge is 0.0907 e. The van der Waals surface area contributed by atoms with Crippen LogP contribution in [0.25, 0.3) is 11.4 Å². The highest BCUT2D eigenvalue weighted by atomic mass is 15.3. The minimum atomic E-state index is -0.0125. The van der Waals surface area contributed by atoms with Crippen LogP contribution in [0.4, 0.5) is 11.4 Å². The topological polar surface area (TPSA) is 32.3 Å². The summed E-state index contributed by atoms with van der Waals surface area (Å²) >= 11 is 0. The molecule has 0 N–H and O–H groups in total. The zero-order chi connectivity index (χ0) is 23.1. The molecule has 0 saturated carbocycles. The second-order valence-electron chi connectivity index (χ2n) is 12.2. The fourth-order valence-corrected chi connectivity index (χ4v) is 4.96. The molecule has 0 aliphatic rings. The Bertz CT molecular complexity index is 757. The molecular formula is C26H42N4. The molecule has 2 rings (SSSR count). The Morgan fingerprint density at radius 3 is 1.00 bits per heavy atom. The average Bonchev–Trinajstić information content (AvgIpc) is 2.49. The van der Waals surface area contributed by atoms with Gasteiger partial charge in [-0.05, 0) is 107 Å². The molecule has 4 nitrogen and oxygen atoms in total. The molecule has 166 valence electrons. The van der Waals surface area contributed by atoms with E-state index in [2.05, 4.69) is 127 Å². The minimum Gasteiger partial charge on any atom is -0.362 e. The summed E-state index contributed by atoms with van der Waals surface area (Å²) in [4.78, 5) is 14.2. The van der Waals surface area contributed by atoms with Crippen molar-refractivity contribution in [2.24, 2.45) is 0 Å². The third-order valence-corrected chi connectivity index (χ3v) is 4.95. The van der Waals surface area contributed by atoms with Crippen LogP contribution < -0.4 is 9.80 Å². The SMILES string of the molecule is CC(C)(C)N(c1ccnc(-c2cc(N(C(C)(C)C)C(C)(C)C)ccn2)c1)C(C)(C)C. The van der Waals surface area contributed by atoms with E-state index in [0.717, 1.165) is 22.8 Å². The van der Waals surface area contributed by atoms with E-state index in [4.69, 9.17) is 0 Å². The molecule has 0 atom stereocenters. The fourth-order valence-electron chi connectivity index (χ4n) is 4.96. The average molecular weight is 411 g/mol. The van der Waals surface area contributed by atoms with E-state index >= 15 is 0 Å². The molecule has 0 saturated heterocycles. The van der Waals surface area contributed by atoms with Crippen LogP contribution in [0, 0.1) is 0 Å². The summed E-state index contributed by atoms with van der Waals surface area (Å²) < 4.78 is 0. The van der Waals surface area contributed by atoms with E-state index in [1.165, 1.54) is 0 Å². The van der Waals surface area contributed by atoms with Gasteiger partial charge in [-0.3, -0.25) is 9.97 Å². The zero-order valence-electron chi connectivity index (χ0n) is 21.3. The van der Waals surface area contributed by atoms with Crippen molar-refractivity contribution in [3.8, 4) is 11.4 Å². The van der Waals surface area contributed by atoms with E-state index < -0.39 is 0 Å². The van der Waals surface area contributed by atoms with Gasteiger partial charge in [-0.25, -0.2) is 0 Å². The van der Waals surface area contributed by atoms with Crippen LogP contribution >= 0.6 is 0 Å². The predicted molar refractivity (Wildman–Crippen MR) is 131 cm³/mol. The standard InChI is InChI=1S/C26H42N4/c1-23(2,3)29(24(4,5)6)19-13-15-27-21(17-19)22-18-20(14-16-28-22)30(25(7,8)9)26(10,11)12/h13-18H,1-12H3. The summed E-state index contributed by atoms with van der Waals surface area (Å²) in [7, 11) is 0. The number of hydrogen-bond acceptors (Lipinski definition) is 4. The van der Waals surface area contributed by atoms with Crippen molar-refractivity contribution in [2.75, 3.05) is 9.80 Å². The second-order valence-corrected chi connectivity index (χ2v) is 12.2. The molecule has 0 aromatic carbocycles. The molecule has 0 amide bonds. The molecule has 0 radical (unpaired) electrons. The third-order valence-electron chi connectivity index (χ3n) is 4.95. The summed E-state index contributed by atoms with van der Waals surface area (Å²) in [6, 6.07) is 8.53. The van der Waals surface area contributed by atoms with Crippen molar-refractivity contribution < 1.29 is 0 Å². The van der Waals surface area contributed by atoms with E-state index in [0.29, 0.717) is 0 Å². The molecule has 0 bridgehead atoms. The summed E-state index contributed by atoms with van der Waals surface area (Å²) in [5.74, 6) is 0. The summed E-state index contributed by atoms with van der Waals surface area (Å²) in [6.45, 7) is 27.0. The molecule has 2 aromatic heterocycles. The quantitative estimate of drug-likeness (QED) is 0.548. The van der Waals surface area contributed by atoms with Crippen LogP contribution in [-0.4, -0.2) is 32.1 Å². The van der Waals surface area contributed by atoms with Crippen molar-refractivity contribution in [1.29, 1.82) is 0 Å². The maximum Gasteiger partial charge on any atom is 0.0907 e. The van der Waals surface area contributed by atoms with Gasteiger partial charge in [0.05, 0.1) is 11.4 Å². The lowest BCUT2D eigenvalue weighted by atomic mass is 9.94. The molecule has 2 aromatic rings. The second kappa shape index (κ2) is 7.86. The number of hydrogen-bond donors (Lipinski definition) is 0. The van der Waals surface area contributed by atoms with Gasteiger partial charge >= 0.3 is 0 Å². The van der Waals surface area contributed by atoms with Gasteiger partial charge in [-0.15, -0.1) is 0 Å². The molecule has 4 heteroatoms. The van der Waals surface area contributed by atoms with Crippen molar-refractivity contribution in [3.05, 3.63) is 36.7 Å². The van der Waals surface area contributed by atoms with E-state index in [9.17, 15) is 0 Å². The Morgan fingerprint density at radius 1 is 0.500 bits per heavy atom. The van der Waals surface area contributed by atoms with Crippen LogP contribution in [0.5, 0.6) is 0 Å². The lowest BCUT2D eigenvalue weighted by Crippen LogP contribution is -2.53. The number of anilines is 2. The molecule has 0 aliphatic heterocycles. The van der Waals surface area contributed by atoms with E-state index in [1.807, 2.05) is 12.4 Å². The molecule has 30 heavy (non-hydrogen) atoms. The van der Waals surface area contributed by atoms with Crippen LogP contribution in [0.3, 0.4) is 0 Å². The first-order valence-corrected chi connectivity index (χ1v) is 11.0. The summed E-state index contributed by atoms with van der Waals surface area (Å²) in [5.41, 5.74) is 4.07. The maximum atomic E-state index is 4.67. The number of aromatic nitrogens is 2. The van der Waals surface area contributed by atoms with Gasteiger partial charge in [0.2, 0.25) is 0 Å². The van der Waals surface area contributed by atoms with Crippen molar-refractivity contribution in [3.63, 3.8) is 0 Å². The Morgan fingerprint density at radius 2 is 0.767 bits per heavy atom. The van der Waals surface area contributed by atoms with Gasteiger partial charge in [0.1, 0.15) is 0 Å². The summed E-state index contributed by atoms with van der Waals surface area (Å²) in [6.07, 6.45) is 3.80. The van der Waals surface area contributed by atoms with Gasteiger partial charge in [0.15, 0.2) is 0 Å². The zero-order valence-corrected chi connectivity index (χ0v) is 21.3. The Hall–Kier alpha value is -2.10. The molecule has 0 fully saturated rings. The van der Waals surface area contributed by atoms with Crippen molar-refractivity contribution in [2.45, 2.75) is 105 Å². The van der Waals surface area contributed by atoms with Crippen LogP contribution in [0.2, 0.25) is 0 Å². The number of rotatable bonds is 3. The Labute approximate surface area is 184 Å². The van der Waals surface area contributed by atoms with E-state index in [-0.39, 0.29) is 22.2 Å². The monoisotopic (exact) mass is 410 g/mol.